The van der Waals surface area contributed by atoms with Crippen LogP contribution in [0.15, 0.2) is 54.6 Å². The molecule has 1 aliphatic heterocycles. The van der Waals surface area contributed by atoms with Crippen molar-refractivity contribution in [2.75, 3.05) is 39.3 Å². The summed E-state index contributed by atoms with van der Waals surface area (Å²) in [4.78, 5) is 14.4. The fourth-order valence-corrected chi connectivity index (χ4v) is 3.65. The Kier molecular flexibility index (Phi) is 7.43. The average molecular weight is 369 g/mol. The first-order chi connectivity index (χ1) is 13.2. The van der Waals surface area contributed by atoms with Crippen molar-refractivity contribution >= 4 is 5.78 Å². The zero-order valence-corrected chi connectivity index (χ0v) is 16.4. The van der Waals surface area contributed by atoms with Gasteiger partial charge in [-0.25, -0.2) is 0 Å². The number of hydrogen-bond donors (Lipinski definition) is 2. The number of carbonyl (C=O) groups is 1. The highest BCUT2D eigenvalue weighted by Gasteiger charge is 2.22. The Labute approximate surface area is 162 Å². The van der Waals surface area contributed by atoms with Crippen LogP contribution in [0.3, 0.4) is 0 Å². The number of aryl methyl sites for hydroxylation is 1. The van der Waals surface area contributed by atoms with E-state index in [1.807, 2.05) is 12.1 Å². The maximum atomic E-state index is 11.1. The normalized spacial score (nSPS) is 19.6. The van der Waals surface area contributed by atoms with Gasteiger partial charge < -0.3 is 19.3 Å². The number of Topliss-reactive ketones (excluding diaryl/α,β-unsaturated/α-hetero) is 1. The highest BCUT2D eigenvalue weighted by atomic mass is 16.5. The molecule has 1 saturated heterocycles. The summed E-state index contributed by atoms with van der Waals surface area (Å²) in [6.07, 6.45) is 1.43. The molecule has 1 heterocycles. The minimum absolute atomic E-state index is 0.240. The molecule has 3 rings (SSSR count). The molecule has 4 nitrogen and oxygen atoms in total. The van der Waals surface area contributed by atoms with E-state index in [1.54, 1.807) is 16.7 Å². The third-order valence-electron chi connectivity index (χ3n) is 5.37. The number of quaternary nitrogens is 2. The minimum Gasteiger partial charge on any atom is -0.488 e. The van der Waals surface area contributed by atoms with Gasteiger partial charge in [0.2, 0.25) is 0 Å². The quantitative estimate of drug-likeness (QED) is 0.679. The van der Waals surface area contributed by atoms with Crippen LogP contribution in [0.2, 0.25) is 0 Å². The van der Waals surface area contributed by atoms with Crippen molar-refractivity contribution in [3.05, 3.63) is 65.7 Å². The molecule has 0 atom stereocenters. The smallest absolute Gasteiger partial charge is 0.137 e. The SMILES string of the molecule is CC(=O)CCc1ccc(OCC[NH+]2CC[NH+](Cc3ccccc3)CC2)cc1. The second-order valence-corrected chi connectivity index (χ2v) is 7.61. The van der Waals surface area contributed by atoms with Gasteiger partial charge in [-0.15, -0.1) is 0 Å². The molecular weight excluding hydrogens is 336 g/mol. The van der Waals surface area contributed by atoms with Crippen LogP contribution >= 0.6 is 0 Å². The molecule has 0 bridgehead atoms. The van der Waals surface area contributed by atoms with Crippen LogP contribution in [0.1, 0.15) is 24.5 Å². The third kappa shape index (κ3) is 6.81. The summed E-state index contributed by atoms with van der Waals surface area (Å²) in [5.41, 5.74) is 2.63. The maximum Gasteiger partial charge on any atom is 0.137 e. The van der Waals surface area contributed by atoms with E-state index < -0.39 is 0 Å². The van der Waals surface area contributed by atoms with Crippen molar-refractivity contribution < 1.29 is 19.3 Å². The Morgan fingerprint density at radius 2 is 1.56 bits per heavy atom. The number of piperazine rings is 1. The van der Waals surface area contributed by atoms with E-state index >= 15 is 0 Å². The van der Waals surface area contributed by atoms with Gasteiger partial charge in [0.1, 0.15) is 57.4 Å². The van der Waals surface area contributed by atoms with Crippen LogP contribution in [0.25, 0.3) is 0 Å². The second kappa shape index (κ2) is 10.2. The van der Waals surface area contributed by atoms with Gasteiger partial charge in [-0.05, 0) is 31.0 Å². The summed E-state index contributed by atoms with van der Waals surface area (Å²) in [6, 6.07) is 19.0. The summed E-state index contributed by atoms with van der Waals surface area (Å²) in [5.74, 6) is 1.17. The Morgan fingerprint density at radius 3 is 2.22 bits per heavy atom. The summed E-state index contributed by atoms with van der Waals surface area (Å²) in [7, 11) is 0. The van der Waals surface area contributed by atoms with Gasteiger partial charge in [-0.2, -0.15) is 0 Å². The number of hydrogen-bond acceptors (Lipinski definition) is 2. The van der Waals surface area contributed by atoms with Crippen molar-refractivity contribution in [2.45, 2.75) is 26.3 Å². The minimum atomic E-state index is 0.240. The number of rotatable bonds is 9. The maximum absolute atomic E-state index is 11.1. The van der Waals surface area contributed by atoms with Crippen LogP contribution in [-0.2, 0) is 17.8 Å². The molecule has 2 aromatic carbocycles. The van der Waals surface area contributed by atoms with E-state index in [2.05, 4.69) is 42.5 Å². The first-order valence-electron chi connectivity index (χ1n) is 10.1. The molecule has 27 heavy (non-hydrogen) atoms. The lowest BCUT2D eigenvalue weighted by Crippen LogP contribution is -3.27. The molecule has 144 valence electrons. The molecule has 1 fully saturated rings. The molecule has 0 unspecified atom stereocenters. The Balaban J connectivity index is 1.32. The highest BCUT2D eigenvalue weighted by molar-refractivity contribution is 5.75. The standard InChI is InChI=1S/C23H30N2O2/c1-20(26)7-8-21-9-11-23(12-10-21)27-18-17-24-13-15-25(16-14-24)19-22-5-3-2-4-6-22/h2-6,9-12H,7-8,13-19H2,1H3/p+2. The second-order valence-electron chi connectivity index (χ2n) is 7.61. The van der Waals surface area contributed by atoms with Gasteiger partial charge in [0.05, 0.1) is 0 Å². The monoisotopic (exact) mass is 368 g/mol. The molecule has 0 aliphatic carbocycles. The van der Waals surface area contributed by atoms with Crippen LogP contribution in [-0.4, -0.2) is 45.1 Å². The molecule has 2 N–H and O–H groups in total. The summed E-state index contributed by atoms with van der Waals surface area (Å²) < 4.78 is 5.92. The largest absolute Gasteiger partial charge is 0.488 e. The predicted molar refractivity (Wildman–Crippen MR) is 107 cm³/mol. The van der Waals surface area contributed by atoms with Gasteiger partial charge >= 0.3 is 0 Å². The lowest BCUT2D eigenvalue weighted by molar-refractivity contribution is -1.02. The van der Waals surface area contributed by atoms with Crippen molar-refractivity contribution in [3.63, 3.8) is 0 Å². The van der Waals surface area contributed by atoms with Crippen molar-refractivity contribution in [3.8, 4) is 5.75 Å². The lowest BCUT2D eigenvalue weighted by Gasteiger charge is -2.29. The molecule has 0 radical (unpaired) electrons. The number of ketones is 1. The van der Waals surface area contributed by atoms with E-state index in [-0.39, 0.29) is 5.78 Å². The highest BCUT2D eigenvalue weighted by Crippen LogP contribution is 2.13. The Hall–Kier alpha value is -2.17. The predicted octanol–water partition coefficient (Wildman–Crippen LogP) is 0.571. The molecule has 0 saturated carbocycles. The number of ether oxygens (including phenoxy) is 1. The number of benzene rings is 2. The van der Waals surface area contributed by atoms with Crippen LogP contribution in [0.5, 0.6) is 5.75 Å². The molecular formula is C23H32N2O2+2. The van der Waals surface area contributed by atoms with Gasteiger partial charge in [0, 0.05) is 12.0 Å². The van der Waals surface area contributed by atoms with Crippen LogP contribution < -0.4 is 14.5 Å². The molecule has 4 heteroatoms. The fourth-order valence-electron chi connectivity index (χ4n) is 3.65. The summed E-state index contributed by atoms with van der Waals surface area (Å²) in [5, 5.41) is 0. The van der Waals surface area contributed by atoms with Crippen LogP contribution in [0.4, 0.5) is 0 Å². The van der Waals surface area contributed by atoms with Crippen molar-refractivity contribution in [1.82, 2.24) is 0 Å². The van der Waals surface area contributed by atoms with Crippen molar-refractivity contribution in [2.24, 2.45) is 0 Å². The van der Waals surface area contributed by atoms with Gasteiger partial charge in [0.25, 0.3) is 0 Å². The Bertz CT molecular complexity index is 692. The molecule has 0 amide bonds. The van der Waals surface area contributed by atoms with E-state index in [0.717, 1.165) is 31.9 Å². The third-order valence-corrected chi connectivity index (χ3v) is 5.37. The lowest BCUT2D eigenvalue weighted by atomic mass is 10.1. The van der Waals surface area contributed by atoms with E-state index in [9.17, 15) is 4.79 Å². The van der Waals surface area contributed by atoms with Gasteiger partial charge in [0.15, 0.2) is 0 Å². The van der Waals surface area contributed by atoms with E-state index in [0.29, 0.717) is 6.42 Å². The molecule has 0 aromatic heterocycles. The van der Waals surface area contributed by atoms with E-state index in [1.165, 1.54) is 37.3 Å². The number of nitrogens with one attached hydrogen (secondary N) is 2. The van der Waals surface area contributed by atoms with E-state index in [4.69, 9.17) is 4.74 Å². The van der Waals surface area contributed by atoms with Crippen molar-refractivity contribution in [1.29, 1.82) is 0 Å². The first-order valence-corrected chi connectivity index (χ1v) is 10.1. The zero-order chi connectivity index (χ0) is 18.9. The number of carbonyl (C=O) groups excluding carboxylic acids is 1. The average Bonchev–Trinajstić information content (AvgIpc) is 2.69. The summed E-state index contributed by atoms with van der Waals surface area (Å²) in [6.45, 7) is 9.50. The fraction of sp³-hybridized carbons (Fsp3) is 0.435. The molecule has 2 aromatic rings. The van der Waals surface area contributed by atoms with Gasteiger partial charge in [-0.1, -0.05) is 42.5 Å². The molecule has 1 aliphatic rings. The molecule has 0 spiro atoms. The Morgan fingerprint density at radius 1 is 0.889 bits per heavy atom. The summed E-state index contributed by atoms with van der Waals surface area (Å²) >= 11 is 0. The van der Waals surface area contributed by atoms with Gasteiger partial charge in [-0.3, -0.25) is 0 Å². The first kappa shape index (κ1) is 19.6. The zero-order valence-electron chi connectivity index (χ0n) is 16.4. The topological polar surface area (TPSA) is 35.2 Å². The van der Waals surface area contributed by atoms with Crippen LogP contribution in [0, 0.1) is 0 Å².